The molecule has 1 aromatic rings. The molecule has 0 aliphatic carbocycles. The Labute approximate surface area is 161 Å². The van der Waals surface area contributed by atoms with Crippen molar-refractivity contribution in [3.63, 3.8) is 0 Å². The van der Waals surface area contributed by atoms with Crippen LogP contribution in [-0.2, 0) is 27.3 Å². The van der Waals surface area contributed by atoms with Gasteiger partial charge >= 0.3 is 0 Å². The van der Waals surface area contributed by atoms with Crippen LogP contribution < -0.4 is 5.73 Å². The molecule has 2 heterocycles. The first kappa shape index (κ1) is 21.4. The van der Waals surface area contributed by atoms with Crippen molar-refractivity contribution in [1.82, 2.24) is 15.0 Å². The van der Waals surface area contributed by atoms with E-state index < -0.39 is 10.8 Å². The Bertz CT molecular complexity index is 699. The summed E-state index contributed by atoms with van der Waals surface area (Å²) in [6, 6.07) is 0. The van der Waals surface area contributed by atoms with E-state index in [-0.39, 0.29) is 23.9 Å². The topological polar surface area (TPSA) is 108 Å². The van der Waals surface area contributed by atoms with Crippen molar-refractivity contribution < 1.29 is 14.4 Å². The van der Waals surface area contributed by atoms with E-state index in [2.05, 4.69) is 10.3 Å². The van der Waals surface area contributed by atoms with Gasteiger partial charge in [0.05, 0.1) is 18.4 Å². The van der Waals surface area contributed by atoms with Crippen molar-refractivity contribution >= 4 is 17.3 Å². The third kappa shape index (κ3) is 5.31. The molecule has 27 heavy (non-hydrogen) atoms. The molecule has 0 radical (unpaired) electrons. The molecule has 1 aliphatic rings. The van der Waals surface area contributed by atoms with Crippen molar-refractivity contribution in [2.75, 3.05) is 6.54 Å². The summed E-state index contributed by atoms with van der Waals surface area (Å²) < 4.78 is 1.85. The Balaban J connectivity index is 2.32. The second-order valence-corrected chi connectivity index (χ2v) is 8.46. The molecule has 1 aliphatic heterocycles. The Kier molecular flexibility index (Phi) is 7.03. The number of Topliss-reactive ketones (excluding diaryl/α,β-unsaturated/α-hetero) is 3. The van der Waals surface area contributed by atoms with Crippen molar-refractivity contribution in [3.8, 4) is 0 Å². The van der Waals surface area contributed by atoms with Crippen molar-refractivity contribution in [3.05, 3.63) is 11.9 Å². The third-order valence-electron chi connectivity index (χ3n) is 6.08. The Morgan fingerprint density at radius 1 is 1.26 bits per heavy atom. The van der Waals surface area contributed by atoms with Crippen molar-refractivity contribution in [2.24, 2.45) is 16.6 Å². The number of hydrogen-bond acceptors (Lipinski definition) is 6. The highest BCUT2D eigenvalue weighted by Crippen LogP contribution is 2.36. The average molecular weight is 377 g/mol. The fourth-order valence-corrected chi connectivity index (χ4v) is 3.90. The largest absolute Gasteiger partial charge is 0.324 e. The van der Waals surface area contributed by atoms with Crippen molar-refractivity contribution in [1.29, 1.82) is 0 Å². The summed E-state index contributed by atoms with van der Waals surface area (Å²) in [5.41, 5.74) is 5.31. The highest BCUT2D eigenvalue weighted by Gasteiger charge is 2.38. The minimum atomic E-state index is -0.670. The predicted octanol–water partition coefficient (Wildman–Crippen LogP) is 2.26. The quantitative estimate of drug-likeness (QED) is 0.844. The number of aromatic nitrogens is 3. The van der Waals surface area contributed by atoms with E-state index in [1.807, 2.05) is 18.5 Å². The van der Waals surface area contributed by atoms with Crippen LogP contribution in [0.4, 0.5) is 0 Å². The summed E-state index contributed by atoms with van der Waals surface area (Å²) in [5.74, 6) is 0.178. The van der Waals surface area contributed by atoms with Gasteiger partial charge in [0.1, 0.15) is 11.6 Å². The van der Waals surface area contributed by atoms with E-state index in [1.165, 1.54) is 0 Å². The molecule has 0 spiro atoms. The number of hydrogen-bond donors (Lipinski definition) is 1. The first-order chi connectivity index (χ1) is 12.7. The van der Waals surface area contributed by atoms with Crippen LogP contribution in [0, 0.1) is 10.8 Å². The highest BCUT2D eigenvalue weighted by atomic mass is 16.1. The van der Waals surface area contributed by atoms with Crippen LogP contribution in [0.5, 0.6) is 0 Å². The number of nitrogens with zero attached hydrogens (tertiary/aromatic N) is 3. The zero-order chi connectivity index (χ0) is 20.1. The molecule has 150 valence electrons. The van der Waals surface area contributed by atoms with Gasteiger partial charge in [-0.2, -0.15) is 0 Å². The lowest BCUT2D eigenvalue weighted by Crippen LogP contribution is -2.37. The molecule has 1 aromatic heterocycles. The van der Waals surface area contributed by atoms with E-state index in [0.717, 1.165) is 18.5 Å². The van der Waals surface area contributed by atoms with Gasteiger partial charge in [0.15, 0.2) is 5.78 Å². The molecule has 0 bridgehead atoms. The number of carbonyl (C=O) groups excluding carboxylic acids is 3. The summed E-state index contributed by atoms with van der Waals surface area (Å²) in [6.07, 6.45) is 6.38. The highest BCUT2D eigenvalue weighted by molar-refractivity contribution is 5.89. The normalized spacial score (nSPS) is 27.3. The first-order valence-electron chi connectivity index (χ1n) is 9.84. The van der Waals surface area contributed by atoms with Gasteiger partial charge in [0.2, 0.25) is 0 Å². The molecule has 0 unspecified atom stereocenters. The maximum atomic E-state index is 13.2. The number of nitrogens with two attached hydrogens (primary N) is 1. The summed E-state index contributed by atoms with van der Waals surface area (Å²) in [6.45, 7) is 6.10. The third-order valence-corrected chi connectivity index (χ3v) is 6.08. The molecule has 0 amide bonds. The maximum absolute atomic E-state index is 13.2. The minimum Gasteiger partial charge on any atom is -0.324 e. The van der Waals surface area contributed by atoms with E-state index in [4.69, 9.17) is 5.73 Å². The first-order valence-corrected chi connectivity index (χ1v) is 9.84. The van der Waals surface area contributed by atoms with Crippen LogP contribution in [0.1, 0.15) is 71.4 Å². The molecular weight excluding hydrogens is 344 g/mol. The van der Waals surface area contributed by atoms with Gasteiger partial charge in [-0.3, -0.25) is 9.59 Å². The number of aryl methyl sites for hydroxylation is 1. The summed E-state index contributed by atoms with van der Waals surface area (Å²) in [4.78, 5) is 37.2. The zero-order valence-electron chi connectivity index (χ0n) is 16.8. The lowest BCUT2D eigenvalue weighted by molar-refractivity contribution is -0.131. The predicted molar refractivity (Wildman–Crippen MR) is 102 cm³/mol. The van der Waals surface area contributed by atoms with E-state index in [1.54, 1.807) is 13.1 Å². The Hall–Kier alpha value is -1.89. The Morgan fingerprint density at radius 2 is 2.00 bits per heavy atom. The van der Waals surface area contributed by atoms with Gasteiger partial charge in [-0.15, -0.1) is 5.10 Å². The van der Waals surface area contributed by atoms with Crippen LogP contribution >= 0.6 is 0 Å². The number of ketones is 3. The monoisotopic (exact) mass is 376 g/mol. The summed E-state index contributed by atoms with van der Waals surface area (Å²) >= 11 is 0. The molecule has 7 heteroatoms. The van der Waals surface area contributed by atoms with Crippen LogP contribution in [0.3, 0.4) is 0 Å². The van der Waals surface area contributed by atoms with Gasteiger partial charge in [-0.25, -0.2) is 4.68 Å². The number of fused-ring (bicyclic) bond motifs is 1. The smallest absolute Gasteiger partial charge is 0.152 e. The van der Waals surface area contributed by atoms with Gasteiger partial charge in [-0.1, -0.05) is 25.5 Å². The van der Waals surface area contributed by atoms with Crippen molar-refractivity contribution in [2.45, 2.75) is 78.7 Å². The van der Waals surface area contributed by atoms with Crippen LogP contribution in [-0.4, -0.2) is 38.9 Å². The lowest BCUT2D eigenvalue weighted by atomic mass is 9.71. The van der Waals surface area contributed by atoms with Crippen LogP contribution in [0.25, 0.3) is 0 Å². The Morgan fingerprint density at radius 3 is 2.67 bits per heavy atom. The fraction of sp³-hybridized carbons (Fsp3) is 0.750. The van der Waals surface area contributed by atoms with E-state index in [9.17, 15) is 14.4 Å². The number of rotatable bonds is 5. The molecule has 0 saturated heterocycles. The van der Waals surface area contributed by atoms with Crippen LogP contribution in [0.15, 0.2) is 6.20 Å². The standard InChI is InChI=1S/C20H32N4O3/c1-15(25)6-9-20(3)12-16-14-22-23-24(16)11-5-4-8-19(2,18(27)13-21)10-7-17(20)26/h14H,4-13,21H2,1-3H3/t19-,20+/m1/s1. The lowest BCUT2D eigenvalue weighted by Gasteiger charge is -2.32. The fourth-order valence-electron chi connectivity index (χ4n) is 3.90. The molecule has 0 aromatic carbocycles. The average Bonchev–Trinajstić information content (AvgIpc) is 3.06. The minimum absolute atomic E-state index is 0.000477. The SMILES string of the molecule is CC(=O)CC[C@@]1(C)Cc2cnnn2CCCC[C@@](C)(C(=O)CN)CCC1=O. The molecule has 2 rings (SSSR count). The molecule has 0 saturated carbocycles. The van der Waals surface area contributed by atoms with Crippen LogP contribution in [0.2, 0.25) is 0 Å². The second-order valence-electron chi connectivity index (χ2n) is 8.46. The molecule has 2 N–H and O–H groups in total. The maximum Gasteiger partial charge on any atom is 0.152 e. The summed E-state index contributed by atoms with van der Waals surface area (Å²) in [5, 5.41) is 8.17. The molecule has 7 nitrogen and oxygen atoms in total. The van der Waals surface area contributed by atoms with Gasteiger partial charge in [0, 0.05) is 36.6 Å². The number of carbonyl (C=O) groups is 3. The molecule has 2 atom stereocenters. The van der Waals surface area contributed by atoms with E-state index >= 15 is 0 Å². The molecular formula is C20H32N4O3. The summed E-state index contributed by atoms with van der Waals surface area (Å²) in [7, 11) is 0. The molecule has 0 fully saturated rings. The van der Waals surface area contributed by atoms with E-state index in [0.29, 0.717) is 45.1 Å². The van der Waals surface area contributed by atoms with Gasteiger partial charge in [0.25, 0.3) is 0 Å². The second kappa shape index (κ2) is 8.87. The zero-order valence-corrected chi connectivity index (χ0v) is 16.8. The van der Waals surface area contributed by atoms with Gasteiger partial charge in [-0.05, 0) is 32.6 Å². The van der Waals surface area contributed by atoms with Gasteiger partial charge < -0.3 is 10.5 Å².